The molecule has 8 nitrogen and oxygen atoms in total. The Hall–Kier alpha value is -3.33. The summed E-state index contributed by atoms with van der Waals surface area (Å²) in [6, 6.07) is 15.4. The van der Waals surface area contributed by atoms with Gasteiger partial charge in [0, 0.05) is 25.3 Å². The van der Waals surface area contributed by atoms with Crippen LogP contribution in [-0.2, 0) is 35.5 Å². The van der Waals surface area contributed by atoms with Crippen molar-refractivity contribution in [2.75, 3.05) is 24.7 Å². The molecule has 1 aliphatic rings. The van der Waals surface area contributed by atoms with Crippen LogP contribution in [0.15, 0.2) is 53.7 Å². The van der Waals surface area contributed by atoms with Gasteiger partial charge in [-0.2, -0.15) is 0 Å². The van der Waals surface area contributed by atoms with E-state index in [-0.39, 0.29) is 18.2 Å². The Balaban J connectivity index is 1.33. The van der Waals surface area contributed by atoms with Crippen LogP contribution in [0.3, 0.4) is 0 Å². The lowest BCUT2D eigenvalue weighted by molar-refractivity contribution is -0.129. The van der Waals surface area contributed by atoms with Crippen molar-refractivity contribution >= 4 is 29.3 Å². The molecule has 3 aromatic rings. The van der Waals surface area contributed by atoms with Gasteiger partial charge in [-0.3, -0.25) is 9.59 Å². The fourth-order valence-electron chi connectivity index (χ4n) is 3.82. The number of rotatable bonds is 8. The van der Waals surface area contributed by atoms with Gasteiger partial charge in [-0.25, -0.2) is 0 Å². The molecule has 9 heteroatoms. The number of aromatic nitrogens is 3. The van der Waals surface area contributed by atoms with Gasteiger partial charge in [0.15, 0.2) is 5.16 Å². The van der Waals surface area contributed by atoms with Crippen LogP contribution in [0.1, 0.15) is 23.9 Å². The highest BCUT2D eigenvalue weighted by Gasteiger charge is 2.22. The maximum atomic E-state index is 12.8. The molecule has 1 aliphatic heterocycles. The lowest BCUT2D eigenvalue weighted by Gasteiger charge is -2.28. The Bertz CT molecular complexity index is 1130. The van der Waals surface area contributed by atoms with Gasteiger partial charge in [0.05, 0.1) is 19.3 Å². The average Bonchev–Trinajstić information content (AvgIpc) is 3.23. The molecule has 0 aliphatic carbocycles. The molecule has 0 fully saturated rings. The minimum Gasteiger partial charge on any atom is -0.497 e. The summed E-state index contributed by atoms with van der Waals surface area (Å²) < 4.78 is 7.02. The first-order valence-corrected chi connectivity index (χ1v) is 11.9. The summed E-state index contributed by atoms with van der Waals surface area (Å²) in [5.41, 5.74) is 3.22. The lowest BCUT2D eigenvalue weighted by atomic mass is 10.00. The van der Waals surface area contributed by atoms with Crippen molar-refractivity contribution in [1.82, 2.24) is 19.7 Å². The number of methoxy groups -OCH3 is 1. The van der Waals surface area contributed by atoms with Crippen molar-refractivity contribution in [3.8, 4) is 5.75 Å². The van der Waals surface area contributed by atoms with E-state index < -0.39 is 0 Å². The number of nitrogens with one attached hydrogen (secondary N) is 1. The first-order valence-electron chi connectivity index (χ1n) is 10.9. The summed E-state index contributed by atoms with van der Waals surface area (Å²) in [7, 11) is 1.60. The van der Waals surface area contributed by atoms with Gasteiger partial charge in [-0.05, 0) is 48.7 Å². The number of benzene rings is 2. The molecule has 4 rings (SSSR count). The molecule has 1 N–H and O–H groups in total. The third-order valence-electron chi connectivity index (χ3n) is 5.61. The number of nitrogens with zero attached hydrogens (tertiary/aromatic N) is 4. The monoisotopic (exact) mass is 465 g/mol. The number of hydrogen-bond acceptors (Lipinski definition) is 6. The first kappa shape index (κ1) is 22.8. The number of anilines is 1. The Morgan fingerprint density at radius 1 is 1.09 bits per heavy atom. The highest BCUT2D eigenvalue weighted by molar-refractivity contribution is 7.99. The smallest absolute Gasteiger partial charge is 0.233 e. The van der Waals surface area contributed by atoms with Crippen LogP contribution in [0, 0.1) is 0 Å². The third kappa shape index (κ3) is 5.54. The average molecular weight is 466 g/mol. The summed E-state index contributed by atoms with van der Waals surface area (Å²) in [6.45, 7) is 3.97. The predicted octanol–water partition coefficient (Wildman–Crippen LogP) is 3.16. The number of hydrogen-bond donors (Lipinski definition) is 1. The standard InChI is InChI=1S/C24H27N5O3S/c1-3-29-21(14-22(30)25-19-8-10-20(32-2)11-9-19)26-27-24(29)33-16-23(31)28-13-12-17-6-4-5-7-18(17)15-28/h4-11H,3,12-16H2,1-2H3,(H,25,30). The molecule has 2 aromatic carbocycles. The third-order valence-corrected chi connectivity index (χ3v) is 6.56. The number of ether oxygens (including phenoxy) is 1. The molecule has 0 atom stereocenters. The molecule has 0 radical (unpaired) electrons. The first-order chi connectivity index (χ1) is 16.1. The molecule has 0 bridgehead atoms. The number of fused-ring (bicyclic) bond motifs is 1. The van der Waals surface area contributed by atoms with Crippen molar-refractivity contribution in [1.29, 1.82) is 0 Å². The second-order valence-corrected chi connectivity index (χ2v) is 8.66. The van der Waals surface area contributed by atoms with Gasteiger partial charge in [0.25, 0.3) is 0 Å². The fraction of sp³-hybridized carbons (Fsp3) is 0.333. The van der Waals surface area contributed by atoms with Gasteiger partial charge in [0.1, 0.15) is 11.6 Å². The zero-order valence-corrected chi connectivity index (χ0v) is 19.6. The van der Waals surface area contributed by atoms with Crippen LogP contribution in [-0.4, -0.2) is 50.9 Å². The van der Waals surface area contributed by atoms with E-state index in [1.54, 1.807) is 31.4 Å². The molecular weight excluding hydrogens is 438 g/mol. The van der Waals surface area contributed by atoms with Crippen LogP contribution in [0.2, 0.25) is 0 Å². The molecule has 0 saturated carbocycles. The molecular formula is C24H27N5O3S. The highest BCUT2D eigenvalue weighted by Crippen LogP contribution is 2.22. The summed E-state index contributed by atoms with van der Waals surface area (Å²) in [4.78, 5) is 27.2. The van der Waals surface area contributed by atoms with E-state index in [2.05, 4.69) is 27.6 Å². The SMILES string of the molecule is CCn1c(CC(=O)Nc2ccc(OC)cc2)nnc1SCC(=O)N1CCc2ccccc2C1. The number of thioether (sulfide) groups is 1. The topological polar surface area (TPSA) is 89.4 Å². The van der Waals surface area contributed by atoms with Crippen molar-refractivity contribution in [2.45, 2.75) is 38.0 Å². The zero-order valence-electron chi connectivity index (χ0n) is 18.8. The second-order valence-electron chi connectivity index (χ2n) is 7.72. The molecule has 0 unspecified atom stereocenters. The number of carbonyl (C=O) groups excluding carboxylic acids is 2. The van der Waals surface area contributed by atoms with Crippen LogP contribution in [0.25, 0.3) is 0 Å². The van der Waals surface area contributed by atoms with Crippen molar-refractivity contribution in [2.24, 2.45) is 0 Å². The Morgan fingerprint density at radius 3 is 2.58 bits per heavy atom. The van der Waals surface area contributed by atoms with E-state index in [0.717, 1.165) is 18.7 Å². The Kier molecular flexibility index (Phi) is 7.29. The summed E-state index contributed by atoms with van der Waals surface area (Å²) in [5, 5.41) is 11.9. The van der Waals surface area contributed by atoms with E-state index in [1.165, 1.54) is 22.9 Å². The zero-order chi connectivity index (χ0) is 23.2. The minimum atomic E-state index is -0.179. The van der Waals surface area contributed by atoms with Gasteiger partial charge in [-0.15, -0.1) is 10.2 Å². The number of carbonyl (C=O) groups is 2. The summed E-state index contributed by atoms with van der Waals surface area (Å²) in [5.74, 6) is 1.49. The number of amides is 2. The Morgan fingerprint density at radius 2 is 1.85 bits per heavy atom. The van der Waals surface area contributed by atoms with Gasteiger partial charge in [-0.1, -0.05) is 36.0 Å². The quantitative estimate of drug-likeness (QED) is 0.514. The van der Waals surface area contributed by atoms with Crippen molar-refractivity contribution < 1.29 is 14.3 Å². The maximum Gasteiger partial charge on any atom is 0.233 e. The maximum absolute atomic E-state index is 12.8. The van der Waals surface area contributed by atoms with Crippen LogP contribution in [0.5, 0.6) is 5.75 Å². The molecule has 1 aromatic heterocycles. The molecule has 172 valence electrons. The van der Waals surface area contributed by atoms with E-state index in [4.69, 9.17) is 4.74 Å². The molecule has 2 amide bonds. The van der Waals surface area contributed by atoms with Gasteiger partial charge >= 0.3 is 0 Å². The second kappa shape index (κ2) is 10.5. The predicted molar refractivity (Wildman–Crippen MR) is 127 cm³/mol. The van der Waals surface area contributed by atoms with E-state index in [0.29, 0.717) is 35.5 Å². The molecule has 0 spiro atoms. The molecule has 2 heterocycles. The summed E-state index contributed by atoms with van der Waals surface area (Å²) in [6.07, 6.45) is 0.982. The fourth-order valence-corrected chi connectivity index (χ4v) is 4.75. The van der Waals surface area contributed by atoms with E-state index >= 15 is 0 Å². The van der Waals surface area contributed by atoms with Crippen LogP contribution < -0.4 is 10.1 Å². The minimum absolute atomic E-state index is 0.0824. The normalized spacial score (nSPS) is 12.8. The van der Waals surface area contributed by atoms with E-state index in [9.17, 15) is 9.59 Å². The van der Waals surface area contributed by atoms with Gasteiger partial charge < -0.3 is 19.5 Å². The molecule has 0 saturated heterocycles. The lowest BCUT2D eigenvalue weighted by Crippen LogP contribution is -2.37. The highest BCUT2D eigenvalue weighted by atomic mass is 32.2. The van der Waals surface area contributed by atoms with Crippen molar-refractivity contribution in [3.63, 3.8) is 0 Å². The molecule has 33 heavy (non-hydrogen) atoms. The largest absolute Gasteiger partial charge is 0.497 e. The van der Waals surface area contributed by atoms with Crippen LogP contribution in [0.4, 0.5) is 5.69 Å². The Labute approximate surface area is 197 Å². The van der Waals surface area contributed by atoms with Crippen LogP contribution >= 0.6 is 11.8 Å². The van der Waals surface area contributed by atoms with E-state index in [1.807, 2.05) is 28.5 Å². The van der Waals surface area contributed by atoms with Crippen molar-refractivity contribution in [3.05, 3.63) is 65.5 Å². The van der Waals surface area contributed by atoms with Gasteiger partial charge in [0.2, 0.25) is 11.8 Å². The summed E-state index contributed by atoms with van der Waals surface area (Å²) >= 11 is 1.36.